The van der Waals surface area contributed by atoms with Crippen molar-refractivity contribution in [3.05, 3.63) is 33.2 Å². The molecule has 3 rings (SSSR count). The van der Waals surface area contributed by atoms with Crippen molar-refractivity contribution < 1.29 is 4.79 Å². The normalized spacial score (nSPS) is 22.0. The van der Waals surface area contributed by atoms with Crippen LogP contribution in [0.4, 0.5) is 0 Å². The molecule has 0 bridgehead atoms. The number of nitrogens with zero attached hydrogens (tertiary/aromatic N) is 1. The molecule has 1 fully saturated rings. The lowest BCUT2D eigenvalue weighted by Crippen LogP contribution is -2.36. The van der Waals surface area contributed by atoms with E-state index in [-0.39, 0.29) is 11.5 Å². The molecule has 2 heterocycles. The lowest BCUT2D eigenvalue weighted by Gasteiger charge is -2.22. The average Bonchev–Trinajstić information content (AvgIpc) is 2.93. The first-order valence-corrected chi connectivity index (χ1v) is 9.60. The summed E-state index contributed by atoms with van der Waals surface area (Å²) in [5.74, 6) is 1.27. The molecule has 1 saturated heterocycles. The van der Waals surface area contributed by atoms with Crippen molar-refractivity contribution in [2.24, 2.45) is 11.8 Å². The van der Waals surface area contributed by atoms with E-state index in [0.29, 0.717) is 17.4 Å². The number of fused-ring (bicyclic) bond motifs is 1. The van der Waals surface area contributed by atoms with Crippen molar-refractivity contribution in [2.45, 2.75) is 65.2 Å². The van der Waals surface area contributed by atoms with E-state index in [4.69, 9.17) is 0 Å². The molecule has 4 nitrogen and oxygen atoms in total. The van der Waals surface area contributed by atoms with E-state index in [1.54, 1.807) is 0 Å². The Labute approximate surface area is 144 Å². The van der Waals surface area contributed by atoms with Crippen LogP contribution in [0.1, 0.15) is 74.0 Å². The fourth-order valence-electron chi connectivity index (χ4n) is 4.17. The van der Waals surface area contributed by atoms with Gasteiger partial charge in [0.1, 0.15) is 5.56 Å². The SMILES string of the molecule is CC(C)[C@@H]1CCCN(C(=O)c2cc3c([nH]c2=O)CCCCC3)CC1. The van der Waals surface area contributed by atoms with Gasteiger partial charge in [0.15, 0.2) is 0 Å². The van der Waals surface area contributed by atoms with E-state index in [2.05, 4.69) is 18.8 Å². The monoisotopic (exact) mass is 330 g/mol. The summed E-state index contributed by atoms with van der Waals surface area (Å²) in [4.78, 5) is 30.3. The molecule has 0 saturated carbocycles. The number of hydrogen-bond donors (Lipinski definition) is 1. The Kier molecular flexibility index (Phi) is 5.42. The zero-order valence-corrected chi connectivity index (χ0v) is 15.1. The van der Waals surface area contributed by atoms with Crippen LogP contribution in [0.15, 0.2) is 10.9 Å². The van der Waals surface area contributed by atoms with Crippen molar-refractivity contribution in [3.63, 3.8) is 0 Å². The van der Waals surface area contributed by atoms with Crippen molar-refractivity contribution in [2.75, 3.05) is 13.1 Å². The molecular weight excluding hydrogens is 300 g/mol. The molecule has 0 unspecified atom stereocenters. The highest BCUT2D eigenvalue weighted by Gasteiger charge is 2.25. The van der Waals surface area contributed by atoms with Gasteiger partial charge < -0.3 is 9.88 Å². The molecule has 1 aliphatic heterocycles. The largest absolute Gasteiger partial charge is 0.338 e. The van der Waals surface area contributed by atoms with Crippen molar-refractivity contribution in [1.82, 2.24) is 9.88 Å². The molecule has 1 aromatic rings. The van der Waals surface area contributed by atoms with Gasteiger partial charge in [0.2, 0.25) is 0 Å². The Morgan fingerprint density at radius 2 is 1.92 bits per heavy atom. The summed E-state index contributed by atoms with van der Waals surface area (Å²) in [7, 11) is 0. The van der Waals surface area contributed by atoms with Crippen LogP contribution in [0.25, 0.3) is 0 Å². The third-order valence-electron chi connectivity index (χ3n) is 5.82. The highest BCUT2D eigenvalue weighted by atomic mass is 16.2. The molecule has 1 atom stereocenters. The Balaban J connectivity index is 1.80. The van der Waals surface area contributed by atoms with Crippen molar-refractivity contribution in [1.29, 1.82) is 0 Å². The zero-order valence-electron chi connectivity index (χ0n) is 15.1. The van der Waals surface area contributed by atoms with E-state index >= 15 is 0 Å². The molecule has 4 heteroatoms. The Bertz CT molecular complexity index is 648. The number of hydrogen-bond acceptors (Lipinski definition) is 2. The molecule has 1 aliphatic carbocycles. The first-order valence-electron chi connectivity index (χ1n) is 9.60. The lowest BCUT2D eigenvalue weighted by atomic mass is 9.89. The Hall–Kier alpha value is -1.58. The van der Waals surface area contributed by atoms with Gasteiger partial charge in [0, 0.05) is 18.8 Å². The number of carbonyl (C=O) groups excluding carboxylic acids is 1. The van der Waals surface area contributed by atoms with Gasteiger partial charge in [0.25, 0.3) is 11.5 Å². The first kappa shape index (κ1) is 17.2. The summed E-state index contributed by atoms with van der Waals surface area (Å²) in [6.07, 6.45) is 8.64. The molecule has 0 aromatic carbocycles. The van der Waals surface area contributed by atoms with E-state index in [9.17, 15) is 9.59 Å². The quantitative estimate of drug-likeness (QED) is 0.843. The summed E-state index contributed by atoms with van der Waals surface area (Å²) in [5, 5.41) is 0. The molecule has 0 spiro atoms. The number of rotatable bonds is 2. The van der Waals surface area contributed by atoms with Crippen LogP contribution < -0.4 is 5.56 Å². The van der Waals surface area contributed by atoms with E-state index in [1.165, 1.54) is 18.4 Å². The van der Waals surface area contributed by atoms with Crippen molar-refractivity contribution in [3.8, 4) is 0 Å². The first-order chi connectivity index (χ1) is 11.6. The van der Waals surface area contributed by atoms with E-state index in [0.717, 1.165) is 57.3 Å². The second kappa shape index (κ2) is 7.54. The number of nitrogens with one attached hydrogen (secondary N) is 1. The second-order valence-electron chi connectivity index (χ2n) is 7.80. The van der Waals surface area contributed by atoms with Crippen molar-refractivity contribution >= 4 is 5.91 Å². The minimum atomic E-state index is -0.203. The number of amides is 1. The average molecular weight is 330 g/mol. The summed E-state index contributed by atoms with van der Waals surface area (Å²) < 4.78 is 0. The number of pyridine rings is 1. The third kappa shape index (κ3) is 3.73. The molecule has 132 valence electrons. The number of aromatic amines is 1. The fourth-order valence-corrected chi connectivity index (χ4v) is 4.17. The van der Waals surface area contributed by atoms with Crippen LogP contribution in [0.3, 0.4) is 0 Å². The van der Waals surface area contributed by atoms with E-state index < -0.39 is 0 Å². The summed E-state index contributed by atoms with van der Waals surface area (Å²) >= 11 is 0. The van der Waals surface area contributed by atoms with Gasteiger partial charge in [-0.3, -0.25) is 9.59 Å². The minimum Gasteiger partial charge on any atom is -0.338 e. The third-order valence-corrected chi connectivity index (χ3v) is 5.82. The second-order valence-corrected chi connectivity index (χ2v) is 7.80. The van der Waals surface area contributed by atoms with Gasteiger partial charge in [0.05, 0.1) is 0 Å². The molecule has 2 aliphatic rings. The van der Waals surface area contributed by atoms with E-state index in [1.807, 2.05) is 11.0 Å². The maximum atomic E-state index is 12.9. The van der Waals surface area contributed by atoms with Gasteiger partial charge >= 0.3 is 0 Å². The highest BCUT2D eigenvalue weighted by Crippen LogP contribution is 2.25. The van der Waals surface area contributed by atoms with Crippen LogP contribution in [0.2, 0.25) is 0 Å². The maximum Gasteiger partial charge on any atom is 0.261 e. The predicted octanol–water partition coefficient (Wildman–Crippen LogP) is 3.54. The molecule has 1 amide bonds. The number of likely N-dealkylation sites (tertiary alicyclic amines) is 1. The lowest BCUT2D eigenvalue weighted by molar-refractivity contribution is 0.0757. The maximum absolute atomic E-state index is 12.9. The molecule has 1 aromatic heterocycles. The Morgan fingerprint density at radius 3 is 2.71 bits per heavy atom. The van der Waals surface area contributed by atoms with Gasteiger partial charge in [-0.15, -0.1) is 0 Å². The number of aryl methyl sites for hydroxylation is 2. The van der Waals surface area contributed by atoms with Crippen LogP contribution in [0, 0.1) is 11.8 Å². The Morgan fingerprint density at radius 1 is 1.12 bits per heavy atom. The highest BCUT2D eigenvalue weighted by molar-refractivity contribution is 5.94. The van der Waals surface area contributed by atoms with Gasteiger partial charge in [-0.05, 0) is 68.4 Å². The summed E-state index contributed by atoms with van der Waals surface area (Å²) in [5.41, 5.74) is 2.36. The number of aromatic nitrogens is 1. The summed E-state index contributed by atoms with van der Waals surface area (Å²) in [6, 6.07) is 1.88. The zero-order chi connectivity index (χ0) is 17.1. The van der Waals surface area contributed by atoms with Crippen LogP contribution in [-0.4, -0.2) is 28.9 Å². The molecule has 0 radical (unpaired) electrons. The van der Waals surface area contributed by atoms with Crippen LogP contribution >= 0.6 is 0 Å². The molecule has 1 N–H and O–H groups in total. The van der Waals surface area contributed by atoms with Gasteiger partial charge in [-0.25, -0.2) is 0 Å². The smallest absolute Gasteiger partial charge is 0.261 e. The summed E-state index contributed by atoms with van der Waals surface area (Å²) in [6.45, 7) is 6.08. The standard InChI is InChI=1S/C20H30N2O2/c1-14(2)15-8-6-11-22(12-10-15)20(24)17-13-16-7-4-3-5-9-18(16)21-19(17)23/h13-15H,3-12H2,1-2H3,(H,21,23)/t15-/m1/s1. The van der Waals surface area contributed by atoms with Crippen LogP contribution in [-0.2, 0) is 12.8 Å². The number of carbonyl (C=O) groups is 1. The van der Waals surface area contributed by atoms with Crippen LogP contribution in [0.5, 0.6) is 0 Å². The molecule has 24 heavy (non-hydrogen) atoms. The topological polar surface area (TPSA) is 53.2 Å². The predicted molar refractivity (Wildman–Crippen MR) is 96.4 cm³/mol. The van der Waals surface area contributed by atoms with Gasteiger partial charge in [-0.1, -0.05) is 20.3 Å². The molecular formula is C20H30N2O2. The van der Waals surface area contributed by atoms with Gasteiger partial charge in [-0.2, -0.15) is 0 Å². The number of H-pyrrole nitrogens is 1. The minimum absolute atomic E-state index is 0.0762. The fraction of sp³-hybridized carbons (Fsp3) is 0.700.